The highest BCUT2D eigenvalue weighted by Gasteiger charge is 2.46. The van der Waals surface area contributed by atoms with Crippen LogP contribution in [0.25, 0.3) is 0 Å². The molecular formula is C11H11F3O2S. The average Bonchev–Trinajstić information content (AvgIpc) is 2.14. The molecule has 0 N–H and O–H groups in total. The monoisotopic (exact) mass is 264 g/mol. The quantitative estimate of drug-likeness (QED) is 0.821. The van der Waals surface area contributed by atoms with Gasteiger partial charge in [-0.15, -0.1) is 0 Å². The van der Waals surface area contributed by atoms with Gasteiger partial charge in [0.05, 0.1) is 4.90 Å². The Morgan fingerprint density at radius 2 is 1.59 bits per heavy atom. The fourth-order valence-electron chi connectivity index (χ4n) is 1.79. The average molecular weight is 264 g/mol. The highest BCUT2D eigenvalue weighted by Crippen LogP contribution is 2.37. The van der Waals surface area contributed by atoms with Crippen molar-refractivity contribution in [3.63, 3.8) is 0 Å². The summed E-state index contributed by atoms with van der Waals surface area (Å²) in [4.78, 5) is -0.687. The summed E-state index contributed by atoms with van der Waals surface area (Å²) < 4.78 is 59.0. The molecule has 0 aromatic heterocycles. The first-order valence-corrected chi connectivity index (χ1v) is 6.72. The van der Waals surface area contributed by atoms with E-state index in [1.807, 2.05) is 0 Å². The Hall–Kier alpha value is -1.04. The van der Waals surface area contributed by atoms with Crippen molar-refractivity contribution in [2.24, 2.45) is 0 Å². The van der Waals surface area contributed by atoms with E-state index in [1.54, 1.807) is 0 Å². The molecule has 1 saturated carbocycles. The third-order valence-electron chi connectivity index (χ3n) is 3.07. The van der Waals surface area contributed by atoms with Crippen molar-refractivity contribution in [3.05, 3.63) is 29.8 Å². The molecular weight excluding hydrogens is 253 g/mol. The van der Waals surface area contributed by atoms with Crippen LogP contribution < -0.4 is 0 Å². The van der Waals surface area contributed by atoms with Crippen LogP contribution in [-0.4, -0.2) is 13.9 Å². The Kier molecular flexibility index (Phi) is 2.93. The second-order valence-electron chi connectivity index (χ2n) is 4.15. The van der Waals surface area contributed by atoms with E-state index in [2.05, 4.69) is 0 Å². The number of halogens is 3. The van der Waals surface area contributed by atoms with Gasteiger partial charge in [0.2, 0.25) is 0 Å². The van der Waals surface area contributed by atoms with Crippen molar-refractivity contribution >= 4 is 9.84 Å². The maximum absolute atomic E-state index is 12.3. The standard InChI is InChI=1S/C11H11F3O2S/c12-11(13,14)17(15,16)10-6-4-9(5-7-10)8-2-1-3-8/h4-8H,1-3H2. The first-order valence-electron chi connectivity index (χ1n) is 5.24. The van der Waals surface area contributed by atoms with Crippen LogP contribution in [0.3, 0.4) is 0 Å². The number of sulfone groups is 1. The van der Waals surface area contributed by atoms with Gasteiger partial charge in [0.25, 0.3) is 9.84 Å². The number of rotatable bonds is 2. The molecule has 0 bridgehead atoms. The second-order valence-corrected chi connectivity index (χ2v) is 6.09. The van der Waals surface area contributed by atoms with Crippen LogP contribution in [0, 0.1) is 0 Å². The zero-order chi connectivity index (χ0) is 12.7. The van der Waals surface area contributed by atoms with Gasteiger partial charge in [0.1, 0.15) is 0 Å². The fraction of sp³-hybridized carbons (Fsp3) is 0.455. The summed E-state index contributed by atoms with van der Waals surface area (Å²) in [7, 11) is -5.21. The van der Waals surface area contributed by atoms with E-state index < -0.39 is 20.2 Å². The Labute approximate surface area is 97.4 Å². The molecule has 2 rings (SSSR count). The third kappa shape index (κ3) is 2.18. The molecule has 1 aliphatic carbocycles. The smallest absolute Gasteiger partial charge is 0.214 e. The molecule has 0 unspecified atom stereocenters. The first-order chi connectivity index (χ1) is 7.82. The molecule has 0 heterocycles. The van der Waals surface area contributed by atoms with Crippen LogP contribution in [0.4, 0.5) is 13.2 Å². The van der Waals surface area contributed by atoms with E-state index in [0.717, 1.165) is 37.0 Å². The minimum atomic E-state index is -5.23. The predicted molar refractivity (Wildman–Crippen MR) is 56.3 cm³/mol. The lowest BCUT2D eigenvalue weighted by Gasteiger charge is -2.25. The molecule has 94 valence electrons. The number of hydrogen-bond donors (Lipinski definition) is 0. The molecule has 1 aromatic carbocycles. The molecule has 0 atom stereocenters. The Morgan fingerprint density at radius 3 is 1.94 bits per heavy atom. The van der Waals surface area contributed by atoms with Crippen molar-refractivity contribution in [2.75, 3.05) is 0 Å². The van der Waals surface area contributed by atoms with Crippen molar-refractivity contribution in [2.45, 2.75) is 35.6 Å². The Morgan fingerprint density at radius 1 is 1.06 bits per heavy atom. The molecule has 17 heavy (non-hydrogen) atoms. The van der Waals surface area contributed by atoms with E-state index >= 15 is 0 Å². The number of hydrogen-bond acceptors (Lipinski definition) is 2. The lowest BCUT2D eigenvalue weighted by atomic mass is 9.80. The van der Waals surface area contributed by atoms with Gasteiger partial charge >= 0.3 is 5.51 Å². The van der Waals surface area contributed by atoms with E-state index in [1.165, 1.54) is 12.1 Å². The van der Waals surface area contributed by atoms with Gasteiger partial charge in [-0.25, -0.2) is 8.42 Å². The molecule has 0 amide bonds. The minimum absolute atomic E-state index is 0.373. The summed E-state index contributed by atoms with van der Waals surface area (Å²) in [5, 5.41) is 0. The maximum Gasteiger partial charge on any atom is 0.501 e. The highest BCUT2D eigenvalue weighted by atomic mass is 32.2. The van der Waals surface area contributed by atoms with E-state index in [9.17, 15) is 21.6 Å². The summed E-state index contributed by atoms with van der Waals surface area (Å²) in [6, 6.07) is 5.03. The van der Waals surface area contributed by atoms with Crippen LogP contribution in [0.15, 0.2) is 29.2 Å². The van der Waals surface area contributed by atoms with Gasteiger partial charge in [-0.1, -0.05) is 18.6 Å². The first kappa shape index (κ1) is 12.4. The topological polar surface area (TPSA) is 34.1 Å². The summed E-state index contributed by atoms with van der Waals surface area (Å²) >= 11 is 0. The lowest BCUT2D eigenvalue weighted by molar-refractivity contribution is -0.0436. The zero-order valence-corrected chi connectivity index (χ0v) is 9.68. The van der Waals surface area contributed by atoms with Crippen LogP contribution >= 0.6 is 0 Å². The molecule has 0 spiro atoms. The van der Waals surface area contributed by atoms with Gasteiger partial charge in [0, 0.05) is 0 Å². The van der Waals surface area contributed by atoms with Gasteiger partial charge in [-0.2, -0.15) is 13.2 Å². The van der Waals surface area contributed by atoms with Crippen LogP contribution in [-0.2, 0) is 9.84 Å². The number of alkyl halides is 3. The normalized spacial score (nSPS) is 17.8. The summed E-state index contributed by atoms with van der Waals surface area (Å²) in [6.07, 6.45) is 3.16. The maximum atomic E-state index is 12.3. The van der Waals surface area contributed by atoms with Crippen LogP contribution in [0.2, 0.25) is 0 Å². The van der Waals surface area contributed by atoms with E-state index in [-0.39, 0.29) is 0 Å². The summed E-state index contributed by atoms with van der Waals surface area (Å²) in [5.41, 5.74) is -4.32. The molecule has 0 radical (unpaired) electrons. The van der Waals surface area contributed by atoms with Gasteiger partial charge in [-0.3, -0.25) is 0 Å². The van der Waals surface area contributed by atoms with Crippen LogP contribution in [0.1, 0.15) is 30.7 Å². The Balaban J connectivity index is 2.29. The van der Waals surface area contributed by atoms with E-state index in [4.69, 9.17) is 0 Å². The van der Waals surface area contributed by atoms with Crippen molar-refractivity contribution in [1.82, 2.24) is 0 Å². The molecule has 1 fully saturated rings. The number of benzene rings is 1. The van der Waals surface area contributed by atoms with Crippen molar-refractivity contribution in [1.29, 1.82) is 0 Å². The molecule has 2 nitrogen and oxygen atoms in total. The highest BCUT2D eigenvalue weighted by molar-refractivity contribution is 7.92. The molecule has 0 aliphatic heterocycles. The van der Waals surface area contributed by atoms with Crippen molar-refractivity contribution < 1.29 is 21.6 Å². The van der Waals surface area contributed by atoms with Gasteiger partial charge < -0.3 is 0 Å². The molecule has 0 saturated heterocycles. The Bertz CT molecular complexity index is 499. The largest absolute Gasteiger partial charge is 0.501 e. The SMILES string of the molecule is O=S(=O)(c1ccc(C2CCC2)cc1)C(F)(F)F. The zero-order valence-electron chi connectivity index (χ0n) is 8.87. The summed E-state index contributed by atoms with van der Waals surface area (Å²) in [6.45, 7) is 0. The predicted octanol–water partition coefficient (Wildman–Crippen LogP) is 3.25. The van der Waals surface area contributed by atoms with E-state index in [0.29, 0.717) is 5.92 Å². The van der Waals surface area contributed by atoms with Crippen molar-refractivity contribution in [3.8, 4) is 0 Å². The minimum Gasteiger partial charge on any atom is -0.214 e. The van der Waals surface area contributed by atoms with Gasteiger partial charge in [-0.05, 0) is 36.5 Å². The fourth-order valence-corrected chi connectivity index (χ4v) is 2.56. The lowest BCUT2D eigenvalue weighted by Crippen LogP contribution is -2.23. The molecule has 1 aliphatic rings. The molecule has 6 heteroatoms. The second kappa shape index (κ2) is 4.01. The van der Waals surface area contributed by atoms with Crippen LogP contribution in [0.5, 0.6) is 0 Å². The summed E-state index contributed by atoms with van der Waals surface area (Å²) in [5.74, 6) is 0.373. The molecule has 1 aromatic rings. The van der Waals surface area contributed by atoms with Gasteiger partial charge in [0.15, 0.2) is 0 Å². The third-order valence-corrected chi connectivity index (χ3v) is 4.57.